The first kappa shape index (κ1) is 12.6. The number of rotatable bonds is 3. The van der Waals surface area contributed by atoms with Gasteiger partial charge in [0.15, 0.2) is 11.6 Å². The van der Waals surface area contributed by atoms with Gasteiger partial charge in [0, 0.05) is 23.9 Å². The number of fused-ring (bicyclic) bond motifs is 1. The Labute approximate surface area is 115 Å². The quantitative estimate of drug-likeness (QED) is 0.796. The maximum Gasteiger partial charge on any atom is 0.170 e. The lowest BCUT2D eigenvalue weighted by Gasteiger charge is -2.10. The van der Waals surface area contributed by atoms with Crippen molar-refractivity contribution in [3.63, 3.8) is 0 Å². The fourth-order valence-corrected chi connectivity index (χ4v) is 2.27. The second kappa shape index (κ2) is 4.94. The molecule has 0 fully saturated rings. The molecule has 0 spiro atoms. The highest BCUT2D eigenvalue weighted by molar-refractivity contribution is 5.70. The molecule has 3 rings (SSSR count). The summed E-state index contributed by atoms with van der Waals surface area (Å²) in [4.78, 5) is 0. The highest BCUT2D eigenvalue weighted by Crippen LogP contribution is 2.30. The first-order valence-corrected chi connectivity index (χ1v) is 6.25. The van der Waals surface area contributed by atoms with Crippen molar-refractivity contribution in [1.29, 1.82) is 0 Å². The van der Waals surface area contributed by atoms with E-state index in [9.17, 15) is 4.39 Å². The summed E-state index contributed by atoms with van der Waals surface area (Å²) >= 11 is 0. The van der Waals surface area contributed by atoms with Gasteiger partial charge in [0.1, 0.15) is 0 Å². The molecule has 4 nitrogen and oxygen atoms in total. The van der Waals surface area contributed by atoms with Crippen LogP contribution in [-0.2, 0) is 6.54 Å². The maximum atomic E-state index is 14.2. The normalized spacial score (nSPS) is 10.9. The molecule has 0 aliphatic heterocycles. The summed E-state index contributed by atoms with van der Waals surface area (Å²) in [5, 5.41) is 4.44. The number of ether oxygens (including phenoxy) is 1. The third-order valence-electron chi connectivity index (χ3n) is 3.28. The van der Waals surface area contributed by atoms with Gasteiger partial charge < -0.3 is 10.5 Å². The molecule has 0 aliphatic rings. The van der Waals surface area contributed by atoms with Crippen molar-refractivity contribution in [2.75, 3.05) is 7.11 Å². The summed E-state index contributed by atoms with van der Waals surface area (Å²) in [6.07, 6.45) is 1.85. The number of nitrogens with zero attached hydrogens (tertiary/aromatic N) is 2. The van der Waals surface area contributed by atoms with E-state index in [1.165, 1.54) is 7.11 Å². The Hall–Kier alpha value is -2.40. The number of methoxy groups -OCH3 is 1. The number of pyridine rings is 1. The summed E-state index contributed by atoms with van der Waals surface area (Å²) in [7, 11) is 1.43. The molecule has 20 heavy (non-hydrogen) atoms. The zero-order valence-electron chi connectivity index (χ0n) is 11.0. The van der Waals surface area contributed by atoms with Crippen LogP contribution in [0.25, 0.3) is 16.8 Å². The van der Waals surface area contributed by atoms with Crippen LogP contribution in [-0.4, -0.2) is 16.7 Å². The Morgan fingerprint density at radius 1 is 1.30 bits per heavy atom. The zero-order chi connectivity index (χ0) is 14.1. The predicted octanol–water partition coefficient (Wildman–Crippen LogP) is 2.61. The van der Waals surface area contributed by atoms with Crippen LogP contribution >= 0.6 is 0 Å². The first-order chi connectivity index (χ1) is 9.74. The van der Waals surface area contributed by atoms with Crippen molar-refractivity contribution in [1.82, 2.24) is 9.61 Å². The van der Waals surface area contributed by atoms with Gasteiger partial charge in [-0.1, -0.05) is 6.07 Å². The minimum absolute atomic E-state index is 0.0895. The lowest BCUT2D eigenvalue weighted by Crippen LogP contribution is -2.04. The molecular weight excluding hydrogens is 257 g/mol. The van der Waals surface area contributed by atoms with Crippen LogP contribution in [0.2, 0.25) is 0 Å². The van der Waals surface area contributed by atoms with Crippen LogP contribution in [0.1, 0.15) is 5.56 Å². The summed E-state index contributed by atoms with van der Waals surface area (Å²) in [5.41, 5.74) is 8.41. The van der Waals surface area contributed by atoms with Crippen molar-refractivity contribution in [3.8, 4) is 17.0 Å². The molecule has 0 saturated carbocycles. The summed E-state index contributed by atoms with van der Waals surface area (Å²) in [6, 6.07) is 11.0. The fourth-order valence-electron chi connectivity index (χ4n) is 2.27. The molecule has 0 aliphatic carbocycles. The lowest BCUT2D eigenvalue weighted by molar-refractivity contribution is 0.384. The lowest BCUT2D eigenvalue weighted by atomic mass is 10.0. The van der Waals surface area contributed by atoms with Crippen LogP contribution in [0.5, 0.6) is 5.75 Å². The Morgan fingerprint density at radius 2 is 2.15 bits per heavy atom. The maximum absolute atomic E-state index is 14.2. The van der Waals surface area contributed by atoms with Crippen molar-refractivity contribution in [2.45, 2.75) is 6.54 Å². The molecule has 0 amide bonds. The molecule has 0 atom stereocenters. The minimum atomic E-state index is -0.426. The number of hydrogen-bond acceptors (Lipinski definition) is 3. The van der Waals surface area contributed by atoms with Gasteiger partial charge in [-0.05, 0) is 30.3 Å². The molecule has 0 radical (unpaired) electrons. The van der Waals surface area contributed by atoms with Gasteiger partial charge in [-0.25, -0.2) is 8.91 Å². The van der Waals surface area contributed by atoms with Crippen LogP contribution in [0.15, 0.2) is 42.6 Å². The molecule has 3 aromatic rings. The Kier molecular flexibility index (Phi) is 3.12. The topological polar surface area (TPSA) is 52.5 Å². The minimum Gasteiger partial charge on any atom is -0.494 e. The van der Waals surface area contributed by atoms with Gasteiger partial charge in [-0.15, -0.1) is 0 Å². The molecule has 2 aromatic heterocycles. The van der Waals surface area contributed by atoms with Gasteiger partial charge in [0.2, 0.25) is 0 Å². The highest BCUT2D eigenvalue weighted by Gasteiger charge is 2.16. The molecule has 102 valence electrons. The molecule has 1 aromatic carbocycles. The second-order valence-electron chi connectivity index (χ2n) is 4.41. The SMILES string of the molecule is COc1ccc(-c2cc3ccccn3n2)c(CN)c1F. The predicted molar refractivity (Wildman–Crippen MR) is 75.0 cm³/mol. The van der Waals surface area contributed by atoms with E-state index in [2.05, 4.69) is 5.10 Å². The van der Waals surface area contributed by atoms with E-state index in [0.29, 0.717) is 16.8 Å². The van der Waals surface area contributed by atoms with Crippen LogP contribution in [0.4, 0.5) is 4.39 Å². The van der Waals surface area contributed by atoms with Gasteiger partial charge in [-0.3, -0.25) is 0 Å². The molecule has 0 saturated heterocycles. The third kappa shape index (κ3) is 1.92. The summed E-state index contributed by atoms with van der Waals surface area (Å²) < 4.78 is 21.0. The highest BCUT2D eigenvalue weighted by atomic mass is 19.1. The summed E-state index contributed by atoms with van der Waals surface area (Å²) in [5.74, 6) is -0.234. The van der Waals surface area contributed by atoms with E-state index in [-0.39, 0.29) is 12.3 Å². The van der Waals surface area contributed by atoms with E-state index >= 15 is 0 Å². The van der Waals surface area contributed by atoms with E-state index in [1.807, 2.05) is 30.5 Å². The Balaban J connectivity index is 2.20. The summed E-state index contributed by atoms with van der Waals surface area (Å²) in [6.45, 7) is 0.0895. The van der Waals surface area contributed by atoms with Crippen molar-refractivity contribution in [3.05, 3.63) is 54.0 Å². The average Bonchev–Trinajstić information content (AvgIpc) is 2.90. The van der Waals surface area contributed by atoms with E-state index in [1.54, 1.807) is 16.6 Å². The smallest absolute Gasteiger partial charge is 0.170 e. The average molecular weight is 271 g/mol. The van der Waals surface area contributed by atoms with Crippen molar-refractivity contribution < 1.29 is 9.13 Å². The first-order valence-electron chi connectivity index (χ1n) is 6.25. The standard InChI is InChI=1S/C15H14FN3O/c1-20-14-6-5-11(12(9-17)15(14)16)13-8-10-4-2-3-7-19(10)18-13/h2-8H,9,17H2,1H3. The number of halogens is 1. The van der Waals surface area contributed by atoms with E-state index < -0.39 is 5.82 Å². The van der Waals surface area contributed by atoms with Crippen molar-refractivity contribution in [2.24, 2.45) is 5.73 Å². The van der Waals surface area contributed by atoms with E-state index in [4.69, 9.17) is 10.5 Å². The Morgan fingerprint density at radius 3 is 2.85 bits per heavy atom. The van der Waals surface area contributed by atoms with Gasteiger partial charge in [0.05, 0.1) is 18.3 Å². The van der Waals surface area contributed by atoms with E-state index in [0.717, 1.165) is 5.52 Å². The van der Waals surface area contributed by atoms with Gasteiger partial charge >= 0.3 is 0 Å². The number of benzene rings is 1. The zero-order valence-corrected chi connectivity index (χ0v) is 11.0. The van der Waals surface area contributed by atoms with Gasteiger partial charge in [0.25, 0.3) is 0 Å². The second-order valence-corrected chi connectivity index (χ2v) is 4.41. The molecule has 2 heterocycles. The largest absolute Gasteiger partial charge is 0.494 e. The molecule has 2 N–H and O–H groups in total. The number of nitrogens with two attached hydrogens (primary N) is 1. The molecular formula is C15H14FN3O. The van der Waals surface area contributed by atoms with Crippen LogP contribution in [0.3, 0.4) is 0 Å². The van der Waals surface area contributed by atoms with Gasteiger partial charge in [-0.2, -0.15) is 5.10 Å². The molecule has 0 unspecified atom stereocenters. The fraction of sp³-hybridized carbons (Fsp3) is 0.133. The molecule has 5 heteroatoms. The third-order valence-corrected chi connectivity index (χ3v) is 3.28. The monoisotopic (exact) mass is 271 g/mol. The van der Waals surface area contributed by atoms with Crippen molar-refractivity contribution >= 4 is 5.52 Å². The number of aromatic nitrogens is 2. The molecule has 0 bridgehead atoms. The Bertz CT molecular complexity index is 734. The van der Waals surface area contributed by atoms with Crippen LogP contribution in [0, 0.1) is 5.82 Å². The van der Waals surface area contributed by atoms with Crippen LogP contribution < -0.4 is 10.5 Å². The number of hydrogen-bond donors (Lipinski definition) is 1.